The minimum atomic E-state index is -0.721. The smallest absolute Gasteiger partial charge is 0.270 e. The van der Waals surface area contributed by atoms with Crippen LogP contribution in [-0.4, -0.2) is 39.6 Å². The van der Waals surface area contributed by atoms with Crippen LogP contribution in [0.25, 0.3) is 10.9 Å². The van der Waals surface area contributed by atoms with Gasteiger partial charge in [0, 0.05) is 30.5 Å². The number of amides is 1. The zero-order valence-electron chi connectivity index (χ0n) is 14.8. The fourth-order valence-corrected chi connectivity index (χ4v) is 4.75. The highest BCUT2D eigenvalue weighted by Crippen LogP contribution is 2.44. The fraction of sp³-hybridized carbons (Fsp3) is 0.500. The van der Waals surface area contributed by atoms with E-state index in [0.29, 0.717) is 19.5 Å². The molecule has 0 spiro atoms. The molecule has 26 heavy (non-hydrogen) atoms. The number of nitrogens with zero attached hydrogens (tertiary/aromatic N) is 1. The molecule has 2 fully saturated rings. The van der Waals surface area contributed by atoms with Crippen molar-refractivity contribution in [1.82, 2.24) is 9.88 Å². The molecule has 0 unspecified atom stereocenters. The summed E-state index contributed by atoms with van der Waals surface area (Å²) in [6.07, 6.45) is 3.41. The molecule has 3 atom stereocenters. The summed E-state index contributed by atoms with van der Waals surface area (Å²) in [6.45, 7) is 3.03. The van der Waals surface area contributed by atoms with Crippen LogP contribution in [0.2, 0.25) is 0 Å². The SMILES string of the molecule is CC[C@]1(O)CCC[C@H]2CN(C(=O)c3cc(=O)c4cccc(F)c4[nH]3)C[C@H]21. The molecule has 4 rings (SSSR count). The summed E-state index contributed by atoms with van der Waals surface area (Å²) in [4.78, 5) is 29.7. The molecule has 5 nitrogen and oxygen atoms in total. The lowest BCUT2D eigenvalue weighted by atomic mass is 9.69. The summed E-state index contributed by atoms with van der Waals surface area (Å²) < 4.78 is 14.0. The van der Waals surface area contributed by atoms with Gasteiger partial charge in [0.2, 0.25) is 0 Å². The fourth-order valence-electron chi connectivity index (χ4n) is 4.75. The zero-order valence-corrected chi connectivity index (χ0v) is 14.8. The standard InChI is InChI=1S/C20H23FN2O3/c1-2-20(26)8-4-5-12-10-23(11-14(12)20)19(25)16-9-17(24)13-6-3-7-15(21)18(13)22-16/h3,6-7,9,12,14,26H,2,4-5,8,10-11H2,1H3,(H,22,24)/t12-,14+,20-/m0/s1. The van der Waals surface area contributed by atoms with E-state index in [9.17, 15) is 19.1 Å². The topological polar surface area (TPSA) is 73.4 Å². The summed E-state index contributed by atoms with van der Waals surface area (Å²) in [5, 5.41) is 11.1. The summed E-state index contributed by atoms with van der Waals surface area (Å²) >= 11 is 0. The van der Waals surface area contributed by atoms with Crippen LogP contribution in [0.5, 0.6) is 0 Å². The third-order valence-corrected chi connectivity index (χ3v) is 6.26. The molecule has 6 heteroatoms. The highest BCUT2D eigenvalue weighted by molar-refractivity contribution is 5.95. The van der Waals surface area contributed by atoms with E-state index in [1.165, 1.54) is 24.3 Å². The van der Waals surface area contributed by atoms with Crippen molar-refractivity contribution in [2.45, 2.75) is 38.2 Å². The molecule has 1 aliphatic carbocycles. The average molecular weight is 358 g/mol. The second kappa shape index (κ2) is 6.20. The van der Waals surface area contributed by atoms with E-state index >= 15 is 0 Å². The van der Waals surface area contributed by atoms with Crippen LogP contribution in [0.3, 0.4) is 0 Å². The number of rotatable bonds is 2. The molecule has 2 aliphatic rings. The molecule has 1 saturated carbocycles. The molecule has 1 aliphatic heterocycles. The Kier molecular flexibility index (Phi) is 4.10. The number of aromatic amines is 1. The number of H-pyrrole nitrogens is 1. The number of pyridine rings is 1. The molecular formula is C20H23FN2O3. The van der Waals surface area contributed by atoms with Gasteiger partial charge in [-0.15, -0.1) is 0 Å². The number of halogens is 1. The lowest BCUT2D eigenvalue weighted by Gasteiger charge is -2.40. The molecule has 1 aromatic heterocycles. The van der Waals surface area contributed by atoms with E-state index in [4.69, 9.17) is 0 Å². The normalized spacial score (nSPS) is 28.3. The Balaban J connectivity index is 1.66. The van der Waals surface area contributed by atoms with Crippen molar-refractivity contribution in [3.05, 3.63) is 46.0 Å². The number of fused-ring (bicyclic) bond motifs is 2. The molecule has 138 valence electrons. The van der Waals surface area contributed by atoms with Crippen molar-refractivity contribution < 1.29 is 14.3 Å². The predicted octanol–water partition coefficient (Wildman–Crippen LogP) is 2.68. The number of benzene rings is 1. The predicted molar refractivity (Wildman–Crippen MR) is 96.5 cm³/mol. The van der Waals surface area contributed by atoms with Gasteiger partial charge in [-0.1, -0.05) is 19.4 Å². The molecular weight excluding hydrogens is 335 g/mol. The van der Waals surface area contributed by atoms with E-state index in [-0.39, 0.29) is 39.8 Å². The lowest BCUT2D eigenvalue weighted by Crippen LogP contribution is -2.44. The average Bonchev–Trinajstić information content (AvgIpc) is 3.08. The first kappa shape index (κ1) is 17.2. The van der Waals surface area contributed by atoms with Crippen LogP contribution in [0.1, 0.15) is 43.1 Å². The first-order chi connectivity index (χ1) is 12.4. The van der Waals surface area contributed by atoms with Crippen LogP contribution in [0, 0.1) is 17.7 Å². The third-order valence-electron chi connectivity index (χ3n) is 6.26. The van der Waals surface area contributed by atoms with E-state index in [0.717, 1.165) is 19.3 Å². The molecule has 2 aromatic rings. The quantitative estimate of drug-likeness (QED) is 0.867. The number of hydrogen-bond donors (Lipinski definition) is 2. The number of likely N-dealkylation sites (tertiary alicyclic amines) is 1. The summed E-state index contributed by atoms with van der Waals surface area (Å²) in [5.74, 6) is -0.513. The van der Waals surface area contributed by atoms with Crippen LogP contribution >= 0.6 is 0 Å². The van der Waals surface area contributed by atoms with Crippen molar-refractivity contribution in [3.63, 3.8) is 0 Å². The highest BCUT2D eigenvalue weighted by Gasteiger charge is 2.48. The first-order valence-corrected chi connectivity index (χ1v) is 9.26. The lowest BCUT2D eigenvalue weighted by molar-refractivity contribution is -0.0609. The van der Waals surface area contributed by atoms with Crippen LogP contribution in [-0.2, 0) is 0 Å². The Labute approximate surface area is 150 Å². The van der Waals surface area contributed by atoms with Gasteiger partial charge in [0.05, 0.1) is 11.1 Å². The van der Waals surface area contributed by atoms with Gasteiger partial charge < -0.3 is 15.0 Å². The number of aliphatic hydroxyl groups is 1. The maximum atomic E-state index is 14.0. The minimum absolute atomic E-state index is 0.0602. The highest BCUT2D eigenvalue weighted by atomic mass is 19.1. The van der Waals surface area contributed by atoms with E-state index in [1.807, 2.05) is 6.92 Å². The van der Waals surface area contributed by atoms with Crippen LogP contribution in [0.4, 0.5) is 4.39 Å². The Bertz CT molecular complexity index is 925. The van der Waals surface area contributed by atoms with Gasteiger partial charge in [0.25, 0.3) is 5.91 Å². The number of carbonyl (C=O) groups is 1. The first-order valence-electron chi connectivity index (χ1n) is 9.26. The molecule has 2 N–H and O–H groups in total. The van der Waals surface area contributed by atoms with Gasteiger partial charge >= 0.3 is 0 Å². The van der Waals surface area contributed by atoms with E-state index in [2.05, 4.69) is 4.98 Å². The Morgan fingerprint density at radius 3 is 3.00 bits per heavy atom. The van der Waals surface area contributed by atoms with Crippen molar-refractivity contribution >= 4 is 16.8 Å². The van der Waals surface area contributed by atoms with Crippen molar-refractivity contribution in [3.8, 4) is 0 Å². The van der Waals surface area contributed by atoms with Crippen LogP contribution < -0.4 is 5.43 Å². The molecule has 1 amide bonds. The van der Waals surface area contributed by atoms with E-state index in [1.54, 1.807) is 4.90 Å². The number of carbonyl (C=O) groups excluding carboxylic acids is 1. The monoisotopic (exact) mass is 358 g/mol. The number of para-hydroxylation sites is 1. The van der Waals surface area contributed by atoms with Crippen molar-refractivity contribution in [2.24, 2.45) is 11.8 Å². The zero-order chi connectivity index (χ0) is 18.5. The molecule has 1 saturated heterocycles. The number of hydrogen-bond acceptors (Lipinski definition) is 3. The summed E-state index contributed by atoms with van der Waals surface area (Å²) in [5.41, 5.74) is -0.930. The Morgan fingerprint density at radius 2 is 2.23 bits per heavy atom. The van der Waals surface area contributed by atoms with Crippen molar-refractivity contribution in [2.75, 3.05) is 13.1 Å². The Morgan fingerprint density at radius 1 is 1.42 bits per heavy atom. The van der Waals surface area contributed by atoms with E-state index < -0.39 is 11.4 Å². The van der Waals surface area contributed by atoms with Gasteiger partial charge in [-0.2, -0.15) is 0 Å². The van der Waals surface area contributed by atoms with Crippen molar-refractivity contribution in [1.29, 1.82) is 0 Å². The second-order valence-corrected chi connectivity index (χ2v) is 7.64. The van der Waals surface area contributed by atoms with Gasteiger partial charge in [-0.3, -0.25) is 9.59 Å². The van der Waals surface area contributed by atoms with Gasteiger partial charge in [0.15, 0.2) is 5.43 Å². The molecule has 1 aromatic carbocycles. The maximum Gasteiger partial charge on any atom is 0.270 e. The molecule has 0 bridgehead atoms. The van der Waals surface area contributed by atoms with Gasteiger partial charge in [0.1, 0.15) is 11.5 Å². The number of nitrogens with one attached hydrogen (secondary N) is 1. The van der Waals surface area contributed by atoms with Gasteiger partial charge in [-0.25, -0.2) is 4.39 Å². The molecule has 0 radical (unpaired) electrons. The van der Waals surface area contributed by atoms with Gasteiger partial charge in [-0.05, 0) is 37.3 Å². The summed E-state index contributed by atoms with van der Waals surface area (Å²) in [6, 6.07) is 5.53. The second-order valence-electron chi connectivity index (χ2n) is 7.64. The largest absolute Gasteiger partial charge is 0.390 e. The van der Waals surface area contributed by atoms with Crippen LogP contribution in [0.15, 0.2) is 29.1 Å². The Hall–Kier alpha value is -2.21. The third kappa shape index (κ3) is 2.63. The summed E-state index contributed by atoms with van der Waals surface area (Å²) in [7, 11) is 0. The maximum absolute atomic E-state index is 14.0. The molecule has 2 heterocycles. The minimum Gasteiger partial charge on any atom is -0.390 e. The number of aromatic nitrogens is 1.